The Kier molecular flexibility index (Phi) is 2.05. The molecule has 1 atom stereocenters. The van der Waals surface area contributed by atoms with E-state index in [-0.39, 0.29) is 5.92 Å². The molecule has 1 N–H and O–H groups in total. The fourth-order valence-electron chi connectivity index (χ4n) is 2.57. The van der Waals surface area contributed by atoms with Crippen LogP contribution in [0.25, 0.3) is 11.0 Å². The lowest BCUT2D eigenvalue weighted by atomic mass is 9.77. The van der Waals surface area contributed by atoms with Crippen LogP contribution in [0.3, 0.4) is 0 Å². The van der Waals surface area contributed by atoms with Crippen molar-refractivity contribution in [3.05, 3.63) is 36.1 Å². The number of hydrogen-bond donors (Lipinski definition) is 1. The lowest BCUT2D eigenvalue weighted by Crippen LogP contribution is -2.34. The largest absolute Gasteiger partial charge is 0.481 e. The van der Waals surface area contributed by atoms with Gasteiger partial charge in [-0.05, 0) is 31.7 Å². The van der Waals surface area contributed by atoms with Crippen molar-refractivity contribution in [3.8, 4) is 0 Å². The molecule has 0 amide bonds. The van der Waals surface area contributed by atoms with Crippen LogP contribution in [0.1, 0.15) is 25.3 Å². The van der Waals surface area contributed by atoms with Gasteiger partial charge in [-0.25, -0.2) is 0 Å². The second kappa shape index (κ2) is 3.36. The van der Waals surface area contributed by atoms with Crippen LogP contribution in [-0.2, 0) is 10.2 Å². The second-order valence-corrected chi connectivity index (χ2v) is 4.93. The Morgan fingerprint density at radius 3 is 2.82 bits per heavy atom. The third-order valence-corrected chi connectivity index (χ3v) is 3.88. The number of benzene rings is 1. The lowest BCUT2D eigenvalue weighted by Gasteiger charge is -2.25. The van der Waals surface area contributed by atoms with Crippen LogP contribution >= 0.6 is 0 Å². The molecule has 1 unspecified atom stereocenters. The van der Waals surface area contributed by atoms with Gasteiger partial charge in [-0.15, -0.1) is 0 Å². The van der Waals surface area contributed by atoms with E-state index in [1.807, 2.05) is 31.2 Å². The SMILES string of the molecule is CC(C(=O)O)(c1cccc2ccoc12)C1CC1. The number of aliphatic carboxylic acids is 1. The summed E-state index contributed by atoms with van der Waals surface area (Å²) in [7, 11) is 0. The molecule has 1 fully saturated rings. The van der Waals surface area contributed by atoms with E-state index in [2.05, 4.69) is 0 Å². The summed E-state index contributed by atoms with van der Waals surface area (Å²) in [6.45, 7) is 1.81. The number of furan rings is 1. The predicted molar refractivity (Wildman–Crippen MR) is 63.9 cm³/mol. The Balaban J connectivity index is 2.25. The summed E-state index contributed by atoms with van der Waals surface area (Å²) < 4.78 is 5.46. The average Bonchev–Trinajstić information content (AvgIpc) is 3.05. The molecule has 0 radical (unpaired) electrons. The first kappa shape index (κ1) is 10.4. The first-order valence-electron chi connectivity index (χ1n) is 5.84. The minimum absolute atomic E-state index is 0.232. The molecule has 3 rings (SSSR count). The second-order valence-electron chi connectivity index (χ2n) is 4.93. The van der Waals surface area contributed by atoms with Gasteiger partial charge in [-0.3, -0.25) is 4.79 Å². The lowest BCUT2D eigenvalue weighted by molar-refractivity contribution is -0.144. The van der Waals surface area contributed by atoms with Gasteiger partial charge in [-0.1, -0.05) is 18.2 Å². The minimum Gasteiger partial charge on any atom is -0.481 e. The monoisotopic (exact) mass is 230 g/mol. The highest BCUT2D eigenvalue weighted by Gasteiger charge is 2.49. The summed E-state index contributed by atoms with van der Waals surface area (Å²) in [6, 6.07) is 7.58. The minimum atomic E-state index is -0.822. The number of hydrogen-bond acceptors (Lipinski definition) is 2. The van der Waals surface area contributed by atoms with Crippen LogP contribution in [0, 0.1) is 5.92 Å². The highest BCUT2D eigenvalue weighted by Crippen LogP contribution is 2.49. The van der Waals surface area contributed by atoms with Gasteiger partial charge in [0.25, 0.3) is 0 Å². The van der Waals surface area contributed by atoms with Crippen molar-refractivity contribution in [2.75, 3.05) is 0 Å². The van der Waals surface area contributed by atoms with Crippen molar-refractivity contribution in [3.63, 3.8) is 0 Å². The number of carboxylic acid groups (broad SMARTS) is 1. The highest BCUT2D eigenvalue weighted by molar-refractivity contribution is 5.90. The zero-order chi connectivity index (χ0) is 12.0. The van der Waals surface area contributed by atoms with Crippen molar-refractivity contribution in [2.24, 2.45) is 5.92 Å². The third-order valence-electron chi connectivity index (χ3n) is 3.88. The molecule has 0 saturated heterocycles. The number of rotatable bonds is 3. The molecule has 3 nitrogen and oxygen atoms in total. The van der Waals surface area contributed by atoms with Crippen molar-refractivity contribution in [1.29, 1.82) is 0 Å². The Morgan fingerprint density at radius 1 is 1.41 bits per heavy atom. The number of carbonyl (C=O) groups is 1. The van der Waals surface area contributed by atoms with E-state index in [1.165, 1.54) is 0 Å². The first-order chi connectivity index (χ1) is 8.14. The van der Waals surface area contributed by atoms with E-state index in [0.29, 0.717) is 5.58 Å². The molecule has 1 aliphatic rings. The fourth-order valence-corrected chi connectivity index (χ4v) is 2.57. The van der Waals surface area contributed by atoms with E-state index in [0.717, 1.165) is 23.8 Å². The smallest absolute Gasteiger partial charge is 0.314 e. The standard InChI is InChI=1S/C14H14O3/c1-14(13(15)16,10-5-6-10)11-4-2-3-9-7-8-17-12(9)11/h2-4,7-8,10H,5-6H2,1H3,(H,15,16). The fraction of sp³-hybridized carbons (Fsp3) is 0.357. The van der Waals surface area contributed by atoms with Gasteiger partial charge in [-0.2, -0.15) is 0 Å². The topological polar surface area (TPSA) is 50.4 Å². The maximum Gasteiger partial charge on any atom is 0.314 e. The van der Waals surface area contributed by atoms with Gasteiger partial charge >= 0.3 is 5.97 Å². The summed E-state index contributed by atoms with van der Waals surface area (Å²) in [5.41, 5.74) is 0.691. The van der Waals surface area contributed by atoms with Crippen molar-refractivity contribution in [1.82, 2.24) is 0 Å². The van der Waals surface area contributed by atoms with Gasteiger partial charge in [0.1, 0.15) is 5.58 Å². The molecule has 3 heteroatoms. The predicted octanol–water partition coefficient (Wildman–Crippen LogP) is 3.19. The molecular weight excluding hydrogens is 216 g/mol. The average molecular weight is 230 g/mol. The van der Waals surface area contributed by atoms with Gasteiger partial charge < -0.3 is 9.52 Å². The maximum absolute atomic E-state index is 11.6. The summed E-state index contributed by atoms with van der Waals surface area (Å²) in [5, 5.41) is 10.5. The van der Waals surface area contributed by atoms with Crippen LogP contribution in [-0.4, -0.2) is 11.1 Å². The molecule has 88 valence electrons. The van der Waals surface area contributed by atoms with E-state index < -0.39 is 11.4 Å². The summed E-state index contributed by atoms with van der Waals surface area (Å²) >= 11 is 0. The summed E-state index contributed by atoms with van der Waals surface area (Å²) in [5.74, 6) is -0.528. The van der Waals surface area contributed by atoms with E-state index in [1.54, 1.807) is 6.26 Å². The normalized spacial score (nSPS) is 19.1. The molecular formula is C14H14O3. The zero-order valence-corrected chi connectivity index (χ0v) is 9.64. The van der Waals surface area contributed by atoms with Gasteiger partial charge in [0.2, 0.25) is 0 Å². The van der Waals surface area contributed by atoms with Crippen molar-refractivity contribution >= 4 is 16.9 Å². The molecule has 0 aliphatic heterocycles. The molecule has 0 spiro atoms. The summed E-state index contributed by atoms with van der Waals surface area (Å²) in [6.07, 6.45) is 3.59. The van der Waals surface area contributed by atoms with Crippen LogP contribution in [0.2, 0.25) is 0 Å². The maximum atomic E-state index is 11.6. The molecule has 1 saturated carbocycles. The van der Waals surface area contributed by atoms with Crippen molar-refractivity contribution < 1.29 is 14.3 Å². The van der Waals surface area contributed by atoms with Crippen LogP contribution in [0.15, 0.2) is 34.9 Å². The van der Waals surface area contributed by atoms with Crippen molar-refractivity contribution in [2.45, 2.75) is 25.2 Å². The zero-order valence-electron chi connectivity index (χ0n) is 9.64. The van der Waals surface area contributed by atoms with Crippen LogP contribution < -0.4 is 0 Å². The number of carboxylic acids is 1. The van der Waals surface area contributed by atoms with E-state index >= 15 is 0 Å². The molecule has 1 aromatic carbocycles. The molecule has 2 aromatic rings. The molecule has 17 heavy (non-hydrogen) atoms. The van der Waals surface area contributed by atoms with E-state index in [9.17, 15) is 9.90 Å². The van der Waals surface area contributed by atoms with Gasteiger partial charge in [0.15, 0.2) is 0 Å². The summed E-state index contributed by atoms with van der Waals surface area (Å²) in [4.78, 5) is 11.6. The highest BCUT2D eigenvalue weighted by atomic mass is 16.4. The first-order valence-corrected chi connectivity index (χ1v) is 5.84. The Bertz CT molecular complexity index is 580. The quantitative estimate of drug-likeness (QED) is 0.880. The third kappa shape index (κ3) is 1.38. The van der Waals surface area contributed by atoms with Crippen LogP contribution in [0.5, 0.6) is 0 Å². The molecule has 1 heterocycles. The van der Waals surface area contributed by atoms with Gasteiger partial charge in [0, 0.05) is 10.9 Å². The molecule has 1 aromatic heterocycles. The Hall–Kier alpha value is -1.77. The van der Waals surface area contributed by atoms with E-state index in [4.69, 9.17) is 4.42 Å². The Labute approximate surface area is 99.0 Å². The van der Waals surface area contributed by atoms with Gasteiger partial charge in [0.05, 0.1) is 11.7 Å². The number of fused-ring (bicyclic) bond motifs is 1. The number of para-hydroxylation sites is 1. The molecule has 0 bridgehead atoms. The van der Waals surface area contributed by atoms with Crippen LogP contribution in [0.4, 0.5) is 0 Å². The Morgan fingerprint density at radius 2 is 2.18 bits per heavy atom. The molecule has 1 aliphatic carbocycles.